The summed E-state index contributed by atoms with van der Waals surface area (Å²) in [5, 5.41) is 2.23. The quantitative estimate of drug-likeness (QED) is 0.739. The molecule has 1 fully saturated rings. The molecule has 0 aromatic carbocycles. The topological polar surface area (TPSA) is 46.2 Å². The van der Waals surface area contributed by atoms with Crippen molar-refractivity contribution in [3.63, 3.8) is 0 Å². The van der Waals surface area contributed by atoms with Gasteiger partial charge in [-0.2, -0.15) is 8.78 Å². The number of alkyl halides is 3. The number of carbonyl (C=O) groups is 2. The Bertz CT molecular complexity index is 267. The van der Waals surface area contributed by atoms with E-state index in [-0.39, 0.29) is 18.1 Å². The van der Waals surface area contributed by atoms with E-state index in [0.29, 0.717) is 12.8 Å². The predicted molar refractivity (Wildman–Crippen MR) is 51.1 cm³/mol. The van der Waals surface area contributed by atoms with Crippen LogP contribution in [-0.2, 0) is 9.59 Å². The molecule has 0 spiro atoms. The highest BCUT2D eigenvalue weighted by Crippen LogP contribution is 2.35. The monoisotopic (exact) mass is 239 g/mol. The van der Waals surface area contributed by atoms with Crippen molar-refractivity contribution in [2.75, 3.05) is 5.88 Å². The number of halogens is 3. The summed E-state index contributed by atoms with van der Waals surface area (Å²) >= 11 is 5.33. The number of nitrogens with one attached hydrogen (secondary N) is 1. The first kappa shape index (κ1) is 12.4. The van der Waals surface area contributed by atoms with Crippen LogP contribution >= 0.6 is 11.6 Å². The summed E-state index contributed by atoms with van der Waals surface area (Å²) in [4.78, 5) is 21.9. The van der Waals surface area contributed by atoms with Crippen molar-refractivity contribution in [1.82, 2.24) is 5.32 Å². The Hall–Kier alpha value is -0.710. The largest absolute Gasteiger partial charge is 0.345 e. The Balaban J connectivity index is 2.53. The van der Waals surface area contributed by atoms with E-state index in [1.165, 1.54) is 0 Å². The molecule has 1 rings (SSSR count). The predicted octanol–water partition coefficient (Wildman–Crippen LogP) is 1.49. The molecule has 0 aromatic heterocycles. The highest BCUT2D eigenvalue weighted by molar-refractivity contribution is 6.27. The van der Waals surface area contributed by atoms with E-state index in [0.717, 1.165) is 6.42 Å². The molecule has 6 heteroatoms. The van der Waals surface area contributed by atoms with Crippen LogP contribution in [0.25, 0.3) is 0 Å². The Kier molecular flexibility index (Phi) is 4.02. The van der Waals surface area contributed by atoms with E-state index in [2.05, 4.69) is 5.32 Å². The van der Waals surface area contributed by atoms with E-state index < -0.39 is 17.9 Å². The minimum atomic E-state index is -3.03. The van der Waals surface area contributed by atoms with Gasteiger partial charge in [0, 0.05) is 12.0 Å². The van der Waals surface area contributed by atoms with Gasteiger partial charge in [0.1, 0.15) is 5.78 Å². The minimum Gasteiger partial charge on any atom is -0.345 e. The molecule has 1 amide bonds. The van der Waals surface area contributed by atoms with Crippen LogP contribution in [0.4, 0.5) is 8.78 Å². The van der Waals surface area contributed by atoms with Crippen molar-refractivity contribution < 1.29 is 18.4 Å². The van der Waals surface area contributed by atoms with Gasteiger partial charge in [0.15, 0.2) is 0 Å². The molecule has 0 aliphatic heterocycles. The molecular formula is C9H12ClF2NO2. The molecule has 1 saturated carbocycles. The molecular weight excluding hydrogens is 228 g/mol. The van der Waals surface area contributed by atoms with Gasteiger partial charge in [0.2, 0.25) is 0 Å². The maximum Gasteiger partial charge on any atom is 0.315 e. The van der Waals surface area contributed by atoms with Crippen LogP contribution < -0.4 is 5.32 Å². The molecule has 1 aliphatic rings. The van der Waals surface area contributed by atoms with Gasteiger partial charge < -0.3 is 5.32 Å². The fourth-order valence-corrected chi connectivity index (χ4v) is 1.78. The average Bonchev–Trinajstić information content (AvgIpc) is 2.13. The molecule has 3 nitrogen and oxygen atoms in total. The first-order valence-corrected chi connectivity index (χ1v) is 5.20. The summed E-state index contributed by atoms with van der Waals surface area (Å²) in [6.45, 7) is 0. The lowest BCUT2D eigenvalue weighted by Gasteiger charge is -2.42. The van der Waals surface area contributed by atoms with Crippen LogP contribution in [0.1, 0.15) is 25.7 Å². The number of ketones is 1. The Morgan fingerprint density at radius 1 is 1.40 bits per heavy atom. The number of carbonyl (C=O) groups excluding carboxylic acids is 2. The van der Waals surface area contributed by atoms with Crippen molar-refractivity contribution >= 4 is 23.3 Å². The van der Waals surface area contributed by atoms with Crippen LogP contribution in [0.2, 0.25) is 0 Å². The zero-order valence-electron chi connectivity index (χ0n) is 8.06. The molecule has 0 unspecified atom stereocenters. The standard InChI is InChI=1S/C9H12ClF2NO2/c10-5-6(14)4-9(2-1-3-9)13-8(15)7(11)12/h7H,1-5H2,(H,13,15). The zero-order valence-corrected chi connectivity index (χ0v) is 8.82. The van der Waals surface area contributed by atoms with Crippen molar-refractivity contribution in [2.24, 2.45) is 0 Å². The molecule has 86 valence electrons. The van der Waals surface area contributed by atoms with Crippen LogP contribution in [0.15, 0.2) is 0 Å². The lowest BCUT2D eigenvalue weighted by Crippen LogP contribution is -2.56. The number of hydrogen-bond donors (Lipinski definition) is 1. The van der Waals surface area contributed by atoms with Crippen molar-refractivity contribution in [2.45, 2.75) is 37.6 Å². The summed E-state index contributed by atoms with van der Waals surface area (Å²) < 4.78 is 24.0. The lowest BCUT2D eigenvalue weighted by atomic mass is 9.73. The summed E-state index contributed by atoms with van der Waals surface area (Å²) in [5.41, 5.74) is -0.764. The summed E-state index contributed by atoms with van der Waals surface area (Å²) in [5.74, 6) is -1.69. The Morgan fingerprint density at radius 2 is 2.00 bits per heavy atom. The van der Waals surface area contributed by atoms with Gasteiger partial charge in [-0.05, 0) is 19.3 Å². The Labute approximate surface area is 91.2 Å². The Morgan fingerprint density at radius 3 is 2.33 bits per heavy atom. The molecule has 0 radical (unpaired) electrons. The average molecular weight is 240 g/mol. The van der Waals surface area contributed by atoms with E-state index >= 15 is 0 Å². The SMILES string of the molecule is O=C(CCl)CC1(NC(=O)C(F)F)CCC1. The van der Waals surface area contributed by atoms with Crippen LogP contribution in [0.3, 0.4) is 0 Å². The normalized spacial score (nSPS) is 18.4. The number of hydrogen-bond acceptors (Lipinski definition) is 2. The smallest absolute Gasteiger partial charge is 0.315 e. The molecule has 0 aromatic rings. The second kappa shape index (κ2) is 4.88. The van der Waals surface area contributed by atoms with Gasteiger partial charge in [-0.25, -0.2) is 0 Å². The highest BCUT2D eigenvalue weighted by atomic mass is 35.5. The van der Waals surface area contributed by atoms with Gasteiger partial charge in [-0.15, -0.1) is 11.6 Å². The maximum atomic E-state index is 12.0. The van der Waals surface area contributed by atoms with Gasteiger partial charge in [-0.3, -0.25) is 9.59 Å². The fraction of sp³-hybridized carbons (Fsp3) is 0.778. The van der Waals surface area contributed by atoms with Crippen LogP contribution in [-0.4, -0.2) is 29.5 Å². The summed E-state index contributed by atoms with van der Waals surface area (Å²) in [7, 11) is 0. The number of Topliss-reactive ketones (excluding diaryl/α,β-unsaturated/α-hetero) is 1. The van der Waals surface area contributed by atoms with Gasteiger partial charge in [0.25, 0.3) is 5.91 Å². The molecule has 15 heavy (non-hydrogen) atoms. The lowest BCUT2D eigenvalue weighted by molar-refractivity contribution is -0.135. The zero-order chi connectivity index (χ0) is 11.5. The van der Waals surface area contributed by atoms with Gasteiger partial charge in [0.05, 0.1) is 5.88 Å². The fourth-order valence-electron chi connectivity index (χ4n) is 1.69. The minimum absolute atomic E-state index is 0.0506. The summed E-state index contributed by atoms with van der Waals surface area (Å²) in [6, 6.07) is 0. The van der Waals surface area contributed by atoms with Crippen LogP contribution in [0.5, 0.6) is 0 Å². The number of amides is 1. The van der Waals surface area contributed by atoms with Crippen molar-refractivity contribution in [3.05, 3.63) is 0 Å². The molecule has 0 atom stereocenters. The van der Waals surface area contributed by atoms with E-state index in [9.17, 15) is 18.4 Å². The molecule has 0 bridgehead atoms. The number of rotatable bonds is 5. The third-order valence-corrected chi connectivity index (χ3v) is 2.88. The second-order valence-electron chi connectivity index (χ2n) is 3.77. The van der Waals surface area contributed by atoms with Crippen LogP contribution in [0, 0.1) is 0 Å². The molecule has 0 heterocycles. The highest BCUT2D eigenvalue weighted by Gasteiger charge is 2.41. The van der Waals surface area contributed by atoms with E-state index in [1.54, 1.807) is 0 Å². The van der Waals surface area contributed by atoms with E-state index in [4.69, 9.17) is 11.6 Å². The van der Waals surface area contributed by atoms with E-state index in [1.807, 2.05) is 0 Å². The van der Waals surface area contributed by atoms with Gasteiger partial charge >= 0.3 is 6.43 Å². The molecule has 0 saturated heterocycles. The molecule has 1 N–H and O–H groups in total. The van der Waals surface area contributed by atoms with Crippen molar-refractivity contribution in [1.29, 1.82) is 0 Å². The first-order chi connectivity index (χ1) is 6.99. The maximum absolute atomic E-state index is 12.0. The molecule has 1 aliphatic carbocycles. The third-order valence-electron chi connectivity index (χ3n) is 2.58. The first-order valence-electron chi connectivity index (χ1n) is 4.67. The summed E-state index contributed by atoms with van der Waals surface area (Å²) in [6.07, 6.45) is -1.02. The second-order valence-corrected chi connectivity index (χ2v) is 4.04. The third kappa shape index (κ3) is 3.12. The van der Waals surface area contributed by atoms with Crippen molar-refractivity contribution in [3.8, 4) is 0 Å². The van der Waals surface area contributed by atoms with Gasteiger partial charge in [-0.1, -0.05) is 0 Å².